The lowest BCUT2D eigenvalue weighted by atomic mass is 9.74. The van der Waals surface area contributed by atoms with Crippen LogP contribution in [0, 0.1) is 12.3 Å². The minimum atomic E-state index is -0.349. The number of fused-ring (bicyclic) bond motifs is 2. The van der Waals surface area contributed by atoms with Gasteiger partial charge in [0.05, 0.1) is 29.1 Å². The Hall–Kier alpha value is -3.67. The van der Waals surface area contributed by atoms with E-state index in [0.29, 0.717) is 5.39 Å². The van der Waals surface area contributed by atoms with Crippen LogP contribution in [-0.4, -0.2) is 20.3 Å². The molecule has 1 aliphatic rings. The fourth-order valence-corrected chi connectivity index (χ4v) is 4.92. The zero-order valence-corrected chi connectivity index (χ0v) is 19.4. The van der Waals surface area contributed by atoms with Crippen LogP contribution in [0.2, 0.25) is 0 Å². The number of carbonyl (C=O) groups is 1. The number of aryl methyl sites for hydroxylation is 2. The Morgan fingerprint density at radius 3 is 2.61 bits per heavy atom. The van der Waals surface area contributed by atoms with Gasteiger partial charge in [-0.15, -0.1) is 0 Å². The first-order valence-corrected chi connectivity index (χ1v) is 11.3. The summed E-state index contributed by atoms with van der Waals surface area (Å²) in [4.78, 5) is 26.4. The molecule has 6 heteroatoms. The van der Waals surface area contributed by atoms with Crippen molar-refractivity contribution in [1.82, 2.24) is 19.7 Å². The van der Waals surface area contributed by atoms with Crippen molar-refractivity contribution in [3.05, 3.63) is 93.5 Å². The molecule has 0 saturated carbocycles. The van der Waals surface area contributed by atoms with Gasteiger partial charge in [0.2, 0.25) is 5.43 Å². The minimum absolute atomic E-state index is 0.0260. The molecule has 0 fully saturated rings. The van der Waals surface area contributed by atoms with Crippen LogP contribution in [0.1, 0.15) is 53.5 Å². The van der Waals surface area contributed by atoms with Gasteiger partial charge in [-0.2, -0.15) is 5.10 Å². The van der Waals surface area contributed by atoms with E-state index in [-0.39, 0.29) is 28.4 Å². The molecule has 33 heavy (non-hydrogen) atoms. The standard InChI is InChI=1S/C27H28N4O2/c1-17-9-11-18(12-10-17)31-24-14-27(2,3)13-22(20(24)15-28-31)29-26(33)21-16-30(4)23-8-6-5-7-19(23)25(21)32/h5-12,15-16,22H,13-14H2,1-4H3,(H,29,33). The van der Waals surface area contributed by atoms with Gasteiger partial charge in [-0.1, -0.05) is 43.7 Å². The molecule has 1 aliphatic carbocycles. The quantitative estimate of drug-likeness (QED) is 0.511. The first-order chi connectivity index (χ1) is 15.7. The number of aromatic nitrogens is 3. The molecule has 1 N–H and O–H groups in total. The molecule has 2 aromatic heterocycles. The zero-order valence-electron chi connectivity index (χ0n) is 19.4. The molecule has 1 atom stereocenters. The van der Waals surface area contributed by atoms with E-state index in [1.54, 1.807) is 12.3 Å². The summed E-state index contributed by atoms with van der Waals surface area (Å²) in [5.41, 5.74) is 5.02. The summed E-state index contributed by atoms with van der Waals surface area (Å²) in [7, 11) is 1.85. The van der Waals surface area contributed by atoms with Crippen LogP contribution < -0.4 is 10.7 Å². The van der Waals surface area contributed by atoms with Crippen LogP contribution in [0.3, 0.4) is 0 Å². The third-order valence-electron chi connectivity index (χ3n) is 6.60. The zero-order chi connectivity index (χ0) is 23.3. The molecule has 2 aromatic carbocycles. The number of carbonyl (C=O) groups excluding carboxylic acids is 1. The second kappa shape index (κ2) is 7.73. The Labute approximate surface area is 192 Å². The number of nitrogens with zero attached hydrogens (tertiary/aromatic N) is 3. The van der Waals surface area contributed by atoms with Crippen molar-refractivity contribution in [2.75, 3.05) is 0 Å². The van der Waals surface area contributed by atoms with Crippen LogP contribution in [0.5, 0.6) is 0 Å². The van der Waals surface area contributed by atoms with E-state index >= 15 is 0 Å². The van der Waals surface area contributed by atoms with Crippen molar-refractivity contribution in [2.45, 2.75) is 39.7 Å². The molecular weight excluding hydrogens is 412 g/mol. The molecule has 0 bridgehead atoms. The lowest BCUT2D eigenvalue weighted by molar-refractivity contribution is 0.0917. The molecule has 0 saturated heterocycles. The smallest absolute Gasteiger partial charge is 0.257 e. The third kappa shape index (κ3) is 3.75. The van der Waals surface area contributed by atoms with E-state index in [2.05, 4.69) is 55.5 Å². The fourth-order valence-electron chi connectivity index (χ4n) is 4.92. The van der Waals surface area contributed by atoms with E-state index in [1.807, 2.05) is 40.7 Å². The summed E-state index contributed by atoms with van der Waals surface area (Å²) in [6.45, 7) is 6.47. The number of hydrogen-bond donors (Lipinski definition) is 1. The second-order valence-corrected chi connectivity index (χ2v) is 9.87. The number of para-hydroxylation sites is 1. The molecule has 0 spiro atoms. The average Bonchev–Trinajstić information content (AvgIpc) is 3.19. The predicted molar refractivity (Wildman–Crippen MR) is 130 cm³/mol. The number of pyridine rings is 1. The summed E-state index contributed by atoms with van der Waals surface area (Å²) in [6, 6.07) is 15.4. The highest BCUT2D eigenvalue weighted by molar-refractivity contribution is 5.97. The van der Waals surface area contributed by atoms with E-state index < -0.39 is 0 Å². The van der Waals surface area contributed by atoms with Gasteiger partial charge in [0.25, 0.3) is 5.91 Å². The maximum atomic E-state index is 13.3. The molecule has 4 aromatic rings. The van der Waals surface area contributed by atoms with Gasteiger partial charge in [-0.05, 0) is 49.4 Å². The molecular formula is C27H28N4O2. The normalized spacial score (nSPS) is 17.0. The Kier molecular flexibility index (Phi) is 4.96. The molecule has 168 valence electrons. The second-order valence-electron chi connectivity index (χ2n) is 9.87. The molecule has 6 nitrogen and oxygen atoms in total. The summed E-state index contributed by atoms with van der Waals surface area (Å²) < 4.78 is 3.81. The Balaban J connectivity index is 1.52. The maximum absolute atomic E-state index is 13.3. The van der Waals surface area contributed by atoms with Crippen LogP contribution in [0.25, 0.3) is 16.6 Å². The van der Waals surface area contributed by atoms with Gasteiger partial charge in [-0.3, -0.25) is 9.59 Å². The van der Waals surface area contributed by atoms with Crippen molar-refractivity contribution < 1.29 is 4.79 Å². The summed E-state index contributed by atoms with van der Waals surface area (Å²) >= 11 is 0. The Bertz CT molecular complexity index is 1430. The largest absolute Gasteiger partial charge is 0.350 e. The minimum Gasteiger partial charge on any atom is -0.350 e. The van der Waals surface area contributed by atoms with Crippen molar-refractivity contribution >= 4 is 16.8 Å². The maximum Gasteiger partial charge on any atom is 0.257 e. The molecule has 0 radical (unpaired) electrons. The first-order valence-electron chi connectivity index (χ1n) is 11.3. The summed E-state index contributed by atoms with van der Waals surface area (Å²) in [6.07, 6.45) is 5.12. The summed E-state index contributed by atoms with van der Waals surface area (Å²) in [5.74, 6) is -0.349. The SMILES string of the molecule is Cc1ccc(-n2ncc3c2CC(C)(C)CC3NC(=O)c2cn(C)c3ccccc3c2=O)cc1. The monoisotopic (exact) mass is 440 g/mol. The molecule has 1 unspecified atom stereocenters. The highest BCUT2D eigenvalue weighted by Gasteiger charge is 2.36. The van der Waals surface area contributed by atoms with E-state index in [9.17, 15) is 9.59 Å². The predicted octanol–water partition coefficient (Wildman–Crippen LogP) is 4.48. The summed E-state index contributed by atoms with van der Waals surface area (Å²) in [5, 5.41) is 8.36. The van der Waals surface area contributed by atoms with Crippen LogP contribution >= 0.6 is 0 Å². The topological polar surface area (TPSA) is 68.9 Å². The van der Waals surface area contributed by atoms with Gasteiger partial charge in [-0.25, -0.2) is 4.68 Å². The highest BCUT2D eigenvalue weighted by Crippen LogP contribution is 2.41. The highest BCUT2D eigenvalue weighted by atomic mass is 16.2. The Morgan fingerprint density at radius 2 is 1.85 bits per heavy atom. The van der Waals surface area contributed by atoms with Gasteiger partial charge in [0, 0.05) is 24.2 Å². The fraction of sp³-hybridized carbons (Fsp3) is 0.296. The number of amides is 1. The van der Waals surface area contributed by atoms with Crippen LogP contribution in [-0.2, 0) is 13.5 Å². The number of nitrogens with one attached hydrogen (secondary N) is 1. The van der Waals surface area contributed by atoms with Crippen molar-refractivity contribution in [1.29, 1.82) is 0 Å². The van der Waals surface area contributed by atoms with Gasteiger partial charge in [0.15, 0.2) is 0 Å². The lowest BCUT2D eigenvalue weighted by Gasteiger charge is -2.36. The average molecular weight is 441 g/mol. The van der Waals surface area contributed by atoms with Gasteiger partial charge >= 0.3 is 0 Å². The Morgan fingerprint density at radius 1 is 1.12 bits per heavy atom. The van der Waals surface area contributed by atoms with E-state index in [0.717, 1.165) is 35.3 Å². The van der Waals surface area contributed by atoms with Gasteiger partial charge in [0.1, 0.15) is 5.56 Å². The number of benzene rings is 2. The number of rotatable bonds is 3. The van der Waals surface area contributed by atoms with Crippen molar-refractivity contribution in [3.63, 3.8) is 0 Å². The molecule has 0 aliphatic heterocycles. The number of hydrogen-bond acceptors (Lipinski definition) is 3. The van der Waals surface area contributed by atoms with Gasteiger partial charge < -0.3 is 9.88 Å². The van der Waals surface area contributed by atoms with Crippen LogP contribution in [0.4, 0.5) is 0 Å². The molecule has 1 amide bonds. The van der Waals surface area contributed by atoms with Crippen molar-refractivity contribution in [3.8, 4) is 5.69 Å². The molecule has 2 heterocycles. The third-order valence-corrected chi connectivity index (χ3v) is 6.60. The van der Waals surface area contributed by atoms with Crippen LogP contribution in [0.15, 0.2) is 65.7 Å². The van der Waals surface area contributed by atoms with E-state index in [4.69, 9.17) is 0 Å². The first kappa shape index (κ1) is 21.2. The lowest BCUT2D eigenvalue weighted by Crippen LogP contribution is -2.38. The van der Waals surface area contributed by atoms with Crippen molar-refractivity contribution in [2.24, 2.45) is 12.5 Å². The molecule has 5 rings (SSSR count). The van der Waals surface area contributed by atoms with E-state index in [1.165, 1.54) is 5.56 Å².